The number of aromatic nitrogens is 1. The number of rotatable bonds is 2. The van der Waals surface area contributed by atoms with E-state index in [1.807, 2.05) is 0 Å². The molecule has 0 radical (unpaired) electrons. The Balaban J connectivity index is 3.05. The summed E-state index contributed by atoms with van der Waals surface area (Å²) in [5.74, 6) is -1.56. The van der Waals surface area contributed by atoms with Crippen molar-refractivity contribution in [3.05, 3.63) is 11.1 Å². The lowest BCUT2D eigenvalue weighted by molar-refractivity contribution is -0.150. The molecule has 0 spiro atoms. The minimum absolute atomic E-state index is 0.155. The van der Waals surface area contributed by atoms with Crippen LogP contribution in [0.5, 0.6) is 0 Å². The van der Waals surface area contributed by atoms with Gasteiger partial charge >= 0.3 is 5.97 Å². The van der Waals surface area contributed by atoms with Crippen molar-refractivity contribution in [2.24, 2.45) is 0 Å². The van der Waals surface area contributed by atoms with Crippen molar-refractivity contribution in [2.75, 3.05) is 5.73 Å². The average Bonchev–Trinajstić information content (AvgIpc) is 2.35. The number of alkyl halides is 1. The zero-order valence-electron chi connectivity index (χ0n) is 6.24. The number of nitrogen functional groups attached to an aromatic ring is 1. The first-order chi connectivity index (χ1) is 5.44. The number of anilines is 1. The zero-order chi connectivity index (χ0) is 9.35. The second kappa shape index (κ2) is 2.71. The monoisotopic (exact) mass is 190 g/mol. The van der Waals surface area contributed by atoms with E-state index in [1.165, 1.54) is 5.38 Å². The van der Waals surface area contributed by atoms with E-state index in [9.17, 15) is 9.18 Å². The van der Waals surface area contributed by atoms with E-state index >= 15 is 0 Å². The van der Waals surface area contributed by atoms with Gasteiger partial charge in [0.25, 0.3) is 0 Å². The van der Waals surface area contributed by atoms with Crippen molar-refractivity contribution in [3.63, 3.8) is 0 Å². The topological polar surface area (TPSA) is 76.2 Å². The van der Waals surface area contributed by atoms with Crippen molar-refractivity contribution in [1.29, 1.82) is 0 Å². The maximum absolute atomic E-state index is 13.2. The number of carbonyl (C=O) groups is 1. The highest BCUT2D eigenvalue weighted by atomic mass is 32.1. The molecule has 0 aliphatic rings. The van der Waals surface area contributed by atoms with Crippen LogP contribution >= 0.6 is 11.3 Å². The molecule has 4 nitrogen and oxygen atoms in total. The predicted octanol–water partition coefficient (Wildman–Crippen LogP) is 0.995. The molecule has 0 saturated heterocycles. The molecule has 6 heteroatoms. The first-order valence-corrected chi connectivity index (χ1v) is 3.96. The van der Waals surface area contributed by atoms with Crippen LogP contribution in [0.25, 0.3) is 0 Å². The van der Waals surface area contributed by atoms with E-state index in [0.717, 1.165) is 18.3 Å². The van der Waals surface area contributed by atoms with Gasteiger partial charge < -0.3 is 10.8 Å². The molecule has 0 aliphatic carbocycles. The van der Waals surface area contributed by atoms with Crippen LogP contribution in [0.15, 0.2) is 5.38 Å². The quantitative estimate of drug-likeness (QED) is 0.729. The summed E-state index contributed by atoms with van der Waals surface area (Å²) in [4.78, 5) is 13.9. The van der Waals surface area contributed by atoms with Gasteiger partial charge in [-0.3, -0.25) is 0 Å². The van der Waals surface area contributed by atoms with E-state index < -0.39 is 11.6 Å². The van der Waals surface area contributed by atoms with E-state index in [-0.39, 0.29) is 10.8 Å². The average molecular weight is 190 g/mol. The fourth-order valence-corrected chi connectivity index (χ4v) is 1.27. The summed E-state index contributed by atoms with van der Waals surface area (Å²) in [7, 11) is 0. The number of aliphatic carboxylic acids is 1. The van der Waals surface area contributed by atoms with Crippen molar-refractivity contribution in [1.82, 2.24) is 4.98 Å². The molecule has 0 aliphatic heterocycles. The molecule has 1 heterocycles. The number of carboxylic acid groups (broad SMARTS) is 1. The minimum atomic E-state index is -2.45. The molecule has 0 bridgehead atoms. The molecule has 1 atom stereocenters. The number of carboxylic acids is 1. The second-order valence-electron chi connectivity index (χ2n) is 2.38. The summed E-state index contributed by atoms with van der Waals surface area (Å²) < 4.78 is 13.2. The molecule has 3 N–H and O–H groups in total. The first kappa shape index (κ1) is 8.92. The van der Waals surface area contributed by atoms with Gasteiger partial charge in [0.2, 0.25) is 5.67 Å². The maximum Gasteiger partial charge on any atom is 0.347 e. The van der Waals surface area contributed by atoms with Crippen molar-refractivity contribution in [3.8, 4) is 0 Å². The summed E-state index contributed by atoms with van der Waals surface area (Å²) in [6, 6.07) is 0. The minimum Gasteiger partial charge on any atom is -0.479 e. The van der Waals surface area contributed by atoms with Gasteiger partial charge in [0.1, 0.15) is 5.69 Å². The summed E-state index contributed by atoms with van der Waals surface area (Å²) in [5.41, 5.74) is 2.62. The van der Waals surface area contributed by atoms with E-state index in [1.54, 1.807) is 0 Å². The predicted molar refractivity (Wildman–Crippen MR) is 42.6 cm³/mol. The van der Waals surface area contributed by atoms with Crippen molar-refractivity contribution >= 4 is 22.4 Å². The number of thiazole rings is 1. The van der Waals surface area contributed by atoms with Gasteiger partial charge in [-0.1, -0.05) is 0 Å². The van der Waals surface area contributed by atoms with Gasteiger partial charge in [-0.05, 0) is 6.92 Å². The van der Waals surface area contributed by atoms with Gasteiger partial charge in [-0.25, -0.2) is 14.2 Å². The van der Waals surface area contributed by atoms with Gasteiger partial charge in [-0.2, -0.15) is 0 Å². The first-order valence-electron chi connectivity index (χ1n) is 3.08. The van der Waals surface area contributed by atoms with Crippen LogP contribution in [0.1, 0.15) is 12.6 Å². The van der Waals surface area contributed by atoms with Crippen LogP contribution in [0.2, 0.25) is 0 Å². The Labute approximate surface area is 71.8 Å². The van der Waals surface area contributed by atoms with Crippen LogP contribution in [-0.2, 0) is 10.5 Å². The molecule has 1 aromatic rings. The maximum atomic E-state index is 13.2. The summed E-state index contributed by atoms with van der Waals surface area (Å²) in [5, 5.41) is 9.91. The van der Waals surface area contributed by atoms with Crippen LogP contribution in [0, 0.1) is 0 Å². The molecule has 1 aromatic heterocycles. The third kappa shape index (κ3) is 1.38. The fourth-order valence-electron chi connectivity index (χ4n) is 0.613. The Bertz CT molecular complexity index is 310. The third-order valence-corrected chi connectivity index (χ3v) is 2.08. The normalized spacial score (nSPS) is 15.5. The molecule has 0 amide bonds. The van der Waals surface area contributed by atoms with Crippen LogP contribution in [-0.4, -0.2) is 16.1 Å². The lowest BCUT2D eigenvalue weighted by Gasteiger charge is -2.10. The molecule has 0 saturated carbocycles. The third-order valence-electron chi connectivity index (χ3n) is 1.40. The van der Waals surface area contributed by atoms with Gasteiger partial charge in [0.05, 0.1) is 0 Å². The molecule has 0 aromatic carbocycles. The molecule has 0 fully saturated rings. The summed E-state index contributed by atoms with van der Waals surface area (Å²) in [6.07, 6.45) is 0. The highest BCUT2D eigenvalue weighted by molar-refractivity contribution is 7.13. The van der Waals surface area contributed by atoms with Crippen LogP contribution < -0.4 is 5.73 Å². The molecule has 66 valence electrons. The highest BCUT2D eigenvalue weighted by Crippen LogP contribution is 2.27. The molecular formula is C6H7FN2O2S. The van der Waals surface area contributed by atoms with E-state index in [2.05, 4.69) is 4.98 Å². The van der Waals surface area contributed by atoms with Crippen LogP contribution in [0.3, 0.4) is 0 Å². The number of nitrogens with two attached hydrogens (primary N) is 1. The van der Waals surface area contributed by atoms with Crippen LogP contribution in [0.4, 0.5) is 9.52 Å². The molecule has 12 heavy (non-hydrogen) atoms. The van der Waals surface area contributed by atoms with Gasteiger partial charge in [0.15, 0.2) is 5.13 Å². The second-order valence-corrected chi connectivity index (χ2v) is 3.27. The smallest absolute Gasteiger partial charge is 0.347 e. The SMILES string of the molecule is CC(F)(C(=O)O)c1csc(N)n1. The standard InChI is InChI=1S/C6H7FN2O2S/c1-6(7,4(10)11)3-2-12-5(8)9-3/h2H,1H3,(H2,8,9)(H,10,11). The van der Waals surface area contributed by atoms with Gasteiger partial charge in [0, 0.05) is 5.38 Å². The number of hydrogen-bond acceptors (Lipinski definition) is 4. The fraction of sp³-hybridized carbons (Fsp3) is 0.333. The number of nitrogens with zero attached hydrogens (tertiary/aromatic N) is 1. The Morgan fingerprint density at radius 3 is 2.83 bits per heavy atom. The highest BCUT2D eigenvalue weighted by Gasteiger charge is 2.37. The summed E-state index contributed by atoms with van der Waals surface area (Å²) in [6.45, 7) is 0.934. The Morgan fingerprint density at radius 1 is 1.92 bits per heavy atom. The zero-order valence-corrected chi connectivity index (χ0v) is 7.06. The van der Waals surface area contributed by atoms with Crippen molar-refractivity contribution < 1.29 is 14.3 Å². The number of hydrogen-bond donors (Lipinski definition) is 2. The van der Waals surface area contributed by atoms with Gasteiger partial charge in [-0.15, -0.1) is 11.3 Å². The van der Waals surface area contributed by atoms with E-state index in [4.69, 9.17) is 10.8 Å². The Kier molecular flexibility index (Phi) is 2.01. The Hall–Kier alpha value is -1.17. The molecule has 1 unspecified atom stereocenters. The lowest BCUT2D eigenvalue weighted by Crippen LogP contribution is -2.27. The van der Waals surface area contributed by atoms with E-state index in [0.29, 0.717) is 0 Å². The molecular weight excluding hydrogens is 183 g/mol. The largest absolute Gasteiger partial charge is 0.479 e. The lowest BCUT2D eigenvalue weighted by atomic mass is 10.1. The molecule has 1 rings (SSSR count). The summed E-state index contributed by atoms with van der Waals surface area (Å²) >= 11 is 1.01. The Morgan fingerprint density at radius 2 is 2.50 bits per heavy atom. The number of halogens is 1. The van der Waals surface area contributed by atoms with Crippen molar-refractivity contribution in [2.45, 2.75) is 12.6 Å².